The number of amides is 1. The monoisotopic (exact) mass is 443 g/mol. The van der Waals surface area contributed by atoms with E-state index in [1.165, 1.54) is 29.2 Å². The summed E-state index contributed by atoms with van der Waals surface area (Å²) in [7, 11) is 0. The van der Waals surface area contributed by atoms with Crippen LogP contribution in [0.25, 0.3) is 0 Å². The lowest BCUT2D eigenvalue weighted by molar-refractivity contribution is -0.130. The highest BCUT2D eigenvalue weighted by Crippen LogP contribution is 2.26. The smallest absolute Gasteiger partial charge is 0.233 e. The fraction of sp³-hybridized carbons (Fsp3) is 0.500. The van der Waals surface area contributed by atoms with Crippen molar-refractivity contribution < 1.29 is 9.18 Å². The van der Waals surface area contributed by atoms with Crippen LogP contribution in [0.15, 0.2) is 22.5 Å². The van der Waals surface area contributed by atoms with Crippen molar-refractivity contribution in [1.29, 1.82) is 0 Å². The highest BCUT2D eigenvalue weighted by Gasteiger charge is 2.23. The molecule has 6 nitrogen and oxygen atoms in total. The first kappa shape index (κ1) is 21.3. The zero-order valence-corrected chi connectivity index (χ0v) is 18.0. The van der Waals surface area contributed by atoms with Crippen molar-refractivity contribution in [2.24, 2.45) is 0 Å². The molecule has 0 aliphatic carbocycles. The predicted octanol–water partition coefficient (Wildman–Crippen LogP) is 3.59. The number of nitrogens with zero attached hydrogens (tertiary/aromatic N) is 4. The lowest BCUT2D eigenvalue weighted by Gasteiger charge is -2.34. The normalized spacial score (nSPS) is 15.0. The summed E-state index contributed by atoms with van der Waals surface area (Å²) < 4.78 is 14.7. The molecule has 0 bridgehead atoms. The van der Waals surface area contributed by atoms with Crippen LogP contribution in [0, 0.1) is 5.82 Å². The van der Waals surface area contributed by atoms with Gasteiger partial charge in [0.2, 0.25) is 11.0 Å². The lowest BCUT2D eigenvalue weighted by atomic mass is 10.2. The fourth-order valence-corrected chi connectivity index (χ4v) is 4.75. The summed E-state index contributed by atoms with van der Waals surface area (Å²) in [5, 5.41) is 12.6. The van der Waals surface area contributed by atoms with Crippen molar-refractivity contribution in [3.05, 3.63) is 34.6 Å². The molecular formula is C18H23ClFN5OS2. The molecule has 1 N–H and O–H groups in total. The number of hydrogen-bond acceptors (Lipinski definition) is 7. The summed E-state index contributed by atoms with van der Waals surface area (Å²) in [6.45, 7) is 6.07. The molecule has 0 atom stereocenters. The van der Waals surface area contributed by atoms with Gasteiger partial charge in [0.25, 0.3) is 0 Å². The Kier molecular flexibility index (Phi) is 7.90. The Labute approximate surface area is 177 Å². The third-order valence-electron chi connectivity index (χ3n) is 4.42. The van der Waals surface area contributed by atoms with E-state index in [-0.39, 0.29) is 11.7 Å². The van der Waals surface area contributed by atoms with Gasteiger partial charge in [0.15, 0.2) is 4.34 Å². The summed E-state index contributed by atoms with van der Waals surface area (Å²) in [6, 6.07) is 4.73. The number of thioether (sulfide) groups is 1. The van der Waals surface area contributed by atoms with Crippen molar-refractivity contribution in [3.63, 3.8) is 0 Å². The quantitative estimate of drug-likeness (QED) is 0.629. The minimum Gasteiger partial charge on any atom is -0.360 e. The van der Waals surface area contributed by atoms with Crippen LogP contribution in [-0.2, 0) is 11.3 Å². The topological polar surface area (TPSA) is 61.4 Å². The molecule has 1 aromatic heterocycles. The highest BCUT2D eigenvalue weighted by molar-refractivity contribution is 8.01. The third kappa shape index (κ3) is 5.79. The molecule has 1 aliphatic rings. The Hall–Kier alpha value is -1.42. The van der Waals surface area contributed by atoms with Gasteiger partial charge in [-0.3, -0.25) is 9.69 Å². The highest BCUT2D eigenvalue weighted by atomic mass is 35.5. The third-order valence-corrected chi connectivity index (χ3v) is 6.77. The van der Waals surface area contributed by atoms with E-state index in [2.05, 4.69) is 27.3 Å². The minimum absolute atomic E-state index is 0.0897. The second-order valence-electron chi connectivity index (χ2n) is 6.45. The second-order valence-corrected chi connectivity index (χ2v) is 9.05. The first-order valence-corrected chi connectivity index (χ1v) is 11.4. The van der Waals surface area contributed by atoms with Crippen molar-refractivity contribution in [2.45, 2.75) is 24.2 Å². The average Bonchev–Trinajstić information content (AvgIpc) is 3.16. The number of carbonyl (C=O) groups is 1. The van der Waals surface area contributed by atoms with Crippen LogP contribution in [-0.4, -0.2) is 64.4 Å². The standard InChI is InChI=1S/C18H23ClFN5OS2/c1-2-6-21-17-22-23-18(28-17)27-12-16(26)25-9-7-24(8-10-25)11-13-14(19)4-3-5-15(13)20/h3-5H,2,6-12H2,1H3,(H,21,22). The molecule has 3 rings (SSSR count). The summed E-state index contributed by atoms with van der Waals surface area (Å²) in [4.78, 5) is 16.4. The van der Waals surface area contributed by atoms with Crippen LogP contribution in [0.5, 0.6) is 0 Å². The summed E-state index contributed by atoms with van der Waals surface area (Å²) in [6.07, 6.45) is 1.02. The molecule has 0 saturated carbocycles. The van der Waals surface area contributed by atoms with Crippen molar-refractivity contribution in [2.75, 3.05) is 43.8 Å². The maximum Gasteiger partial charge on any atom is 0.233 e. The van der Waals surface area contributed by atoms with E-state index in [1.807, 2.05) is 4.90 Å². The van der Waals surface area contributed by atoms with Gasteiger partial charge in [0.05, 0.1) is 5.75 Å². The Morgan fingerprint density at radius 2 is 2.11 bits per heavy atom. The summed E-state index contributed by atoms with van der Waals surface area (Å²) in [5.41, 5.74) is 0.517. The molecule has 1 fully saturated rings. The zero-order chi connectivity index (χ0) is 19.9. The molecule has 152 valence electrons. The average molecular weight is 444 g/mol. The molecule has 1 saturated heterocycles. The van der Waals surface area contributed by atoms with Crippen LogP contribution >= 0.6 is 34.7 Å². The van der Waals surface area contributed by atoms with E-state index >= 15 is 0 Å². The molecule has 0 spiro atoms. The lowest BCUT2D eigenvalue weighted by Crippen LogP contribution is -2.48. The van der Waals surface area contributed by atoms with Gasteiger partial charge in [-0.2, -0.15) is 0 Å². The van der Waals surface area contributed by atoms with Crippen molar-refractivity contribution in [3.8, 4) is 0 Å². The molecule has 0 radical (unpaired) electrons. The Bertz CT molecular complexity index is 778. The first-order valence-electron chi connectivity index (χ1n) is 9.20. The van der Waals surface area contributed by atoms with Gasteiger partial charge < -0.3 is 10.2 Å². The van der Waals surface area contributed by atoms with E-state index in [1.54, 1.807) is 12.1 Å². The molecule has 1 amide bonds. The van der Waals surface area contributed by atoms with Crippen LogP contribution in [0.4, 0.5) is 9.52 Å². The number of benzene rings is 1. The van der Waals surface area contributed by atoms with Crippen LogP contribution in [0.2, 0.25) is 5.02 Å². The number of halogens is 2. The fourth-order valence-electron chi connectivity index (χ4n) is 2.85. The number of nitrogens with one attached hydrogen (secondary N) is 1. The Morgan fingerprint density at radius 3 is 2.82 bits per heavy atom. The number of anilines is 1. The molecule has 28 heavy (non-hydrogen) atoms. The largest absolute Gasteiger partial charge is 0.360 e. The van der Waals surface area contributed by atoms with Gasteiger partial charge in [-0.25, -0.2) is 4.39 Å². The zero-order valence-electron chi connectivity index (χ0n) is 15.7. The summed E-state index contributed by atoms with van der Waals surface area (Å²) >= 11 is 8.99. The van der Waals surface area contributed by atoms with Gasteiger partial charge in [0.1, 0.15) is 5.82 Å². The van der Waals surface area contributed by atoms with E-state index in [0.29, 0.717) is 49.1 Å². The minimum atomic E-state index is -0.285. The van der Waals surface area contributed by atoms with Gasteiger partial charge >= 0.3 is 0 Å². The molecule has 1 aliphatic heterocycles. The molecule has 2 heterocycles. The number of aromatic nitrogens is 2. The number of rotatable bonds is 8. The summed E-state index contributed by atoms with van der Waals surface area (Å²) in [5.74, 6) is 0.153. The maximum atomic E-state index is 13.9. The second kappa shape index (κ2) is 10.4. The van der Waals surface area contributed by atoms with Gasteiger partial charge in [-0.1, -0.05) is 47.7 Å². The SMILES string of the molecule is CCCNc1nnc(SCC(=O)N2CCN(Cc3c(F)cccc3Cl)CC2)s1. The molecule has 0 unspecified atom stereocenters. The maximum absolute atomic E-state index is 13.9. The number of piperazine rings is 1. The molecule has 2 aromatic rings. The first-order chi connectivity index (χ1) is 13.6. The van der Waals surface area contributed by atoms with E-state index in [4.69, 9.17) is 11.6 Å². The van der Waals surface area contributed by atoms with E-state index < -0.39 is 0 Å². The van der Waals surface area contributed by atoms with E-state index in [9.17, 15) is 9.18 Å². The molecule has 10 heteroatoms. The predicted molar refractivity (Wildman–Crippen MR) is 113 cm³/mol. The van der Waals surface area contributed by atoms with Gasteiger partial charge in [0, 0.05) is 49.9 Å². The van der Waals surface area contributed by atoms with Crippen molar-refractivity contribution >= 4 is 45.7 Å². The van der Waals surface area contributed by atoms with Crippen LogP contribution in [0.3, 0.4) is 0 Å². The Balaban J connectivity index is 1.43. The number of hydrogen-bond donors (Lipinski definition) is 1. The Morgan fingerprint density at radius 1 is 1.32 bits per heavy atom. The molecular weight excluding hydrogens is 421 g/mol. The van der Waals surface area contributed by atoms with Crippen LogP contribution < -0.4 is 5.32 Å². The van der Waals surface area contributed by atoms with E-state index in [0.717, 1.165) is 22.4 Å². The molecule has 1 aromatic carbocycles. The van der Waals surface area contributed by atoms with Crippen LogP contribution in [0.1, 0.15) is 18.9 Å². The van der Waals surface area contributed by atoms with Crippen molar-refractivity contribution in [1.82, 2.24) is 20.0 Å². The number of carbonyl (C=O) groups excluding carboxylic acids is 1. The van der Waals surface area contributed by atoms with Gasteiger partial charge in [-0.05, 0) is 18.6 Å². The van der Waals surface area contributed by atoms with Gasteiger partial charge in [-0.15, -0.1) is 10.2 Å².